The van der Waals surface area contributed by atoms with Crippen LogP contribution in [0.2, 0.25) is 0 Å². The Morgan fingerprint density at radius 1 is 1.00 bits per heavy atom. The Bertz CT molecular complexity index is 427. The Morgan fingerprint density at radius 2 is 1.60 bits per heavy atom. The van der Waals surface area contributed by atoms with Crippen LogP contribution in [0, 0.1) is 17.8 Å². The maximum absolute atomic E-state index is 6.53. The van der Waals surface area contributed by atoms with Gasteiger partial charge in [0.15, 0.2) is 0 Å². The summed E-state index contributed by atoms with van der Waals surface area (Å²) in [4.78, 5) is 2.69. The molecular weight excluding hydrogens is 332 g/mol. The minimum atomic E-state index is 0.0897. The van der Waals surface area contributed by atoms with Gasteiger partial charge in [-0.2, -0.15) is 5.10 Å². The Balaban J connectivity index is 1.56. The van der Waals surface area contributed by atoms with Crippen LogP contribution in [0.1, 0.15) is 57.8 Å². The molecule has 1 atom stereocenters. The van der Waals surface area contributed by atoms with Gasteiger partial charge in [0.1, 0.15) is 0 Å². The van der Waals surface area contributed by atoms with Crippen LogP contribution in [0.4, 0.5) is 0 Å². The largest absolute Gasteiger partial charge is 0.330 e. The predicted octanol–water partition coefficient (Wildman–Crippen LogP) is 3.54. The molecule has 0 spiro atoms. The second-order valence-electron chi connectivity index (χ2n) is 8.72. The van der Waals surface area contributed by atoms with Crippen LogP contribution in [-0.2, 0) is 0 Å². The van der Waals surface area contributed by atoms with E-state index in [1.165, 1.54) is 76.6 Å². The lowest BCUT2D eigenvalue weighted by Gasteiger charge is -2.35. The molecule has 4 nitrogen and oxygen atoms in total. The van der Waals surface area contributed by atoms with Crippen molar-refractivity contribution in [3.8, 4) is 0 Å². The third kappa shape index (κ3) is 5.83. The molecule has 2 N–H and O–H groups in total. The van der Waals surface area contributed by atoms with Crippen LogP contribution in [0.5, 0.6) is 0 Å². The van der Waals surface area contributed by atoms with Crippen molar-refractivity contribution in [2.45, 2.75) is 63.2 Å². The summed E-state index contributed by atoms with van der Waals surface area (Å²) in [6.45, 7) is 5.15. The highest BCUT2D eigenvalue weighted by molar-refractivity contribution is 6.33. The molecule has 144 valence electrons. The quantitative estimate of drug-likeness (QED) is 0.699. The minimum Gasteiger partial charge on any atom is -0.330 e. The van der Waals surface area contributed by atoms with Crippen molar-refractivity contribution in [3.63, 3.8) is 0 Å². The number of hydrogen-bond acceptors (Lipinski definition) is 4. The fraction of sp³-hybridized carbons (Fsp3) is 0.950. The lowest BCUT2D eigenvalue weighted by atomic mass is 9.81. The van der Waals surface area contributed by atoms with Gasteiger partial charge in [0.2, 0.25) is 0 Å². The van der Waals surface area contributed by atoms with Crippen molar-refractivity contribution >= 4 is 17.3 Å². The Morgan fingerprint density at radius 3 is 2.16 bits per heavy atom. The average molecular weight is 369 g/mol. The number of nitrogens with two attached hydrogens (primary N) is 1. The molecule has 0 aromatic heterocycles. The van der Waals surface area contributed by atoms with Gasteiger partial charge < -0.3 is 5.73 Å². The van der Waals surface area contributed by atoms with E-state index in [0.29, 0.717) is 0 Å². The fourth-order valence-corrected chi connectivity index (χ4v) is 5.29. The van der Waals surface area contributed by atoms with E-state index in [-0.39, 0.29) is 5.38 Å². The van der Waals surface area contributed by atoms with Crippen molar-refractivity contribution in [1.29, 1.82) is 0 Å². The van der Waals surface area contributed by atoms with Crippen LogP contribution in [0.3, 0.4) is 0 Å². The highest BCUT2D eigenvalue weighted by atomic mass is 35.5. The van der Waals surface area contributed by atoms with E-state index in [9.17, 15) is 0 Å². The molecule has 2 saturated carbocycles. The van der Waals surface area contributed by atoms with Gasteiger partial charge in [-0.25, -0.2) is 0 Å². The topological polar surface area (TPSA) is 44.9 Å². The SMILES string of the molecule is CN1C[C@@H](Cl)C(CN(CC2CCCCC2)CC2CCC(CN)CC2)=N1. The first kappa shape index (κ1) is 19.4. The standard InChI is InChI=1S/C20H37ClN4/c1-24-14-19(21)20(23-24)15-25(12-17-5-3-2-4-6-17)13-18-9-7-16(11-22)8-10-18/h16-19H,2-15,22H2,1H3/t16?,18?,19-/m1/s1. The van der Waals surface area contributed by atoms with Gasteiger partial charge in [-0.05, 0) is 62.8 Å². The first-order valence-electron chi connectivity index (χ1n) is 10.5. The van der Waals surface area contributed by atoms with Crippen LogP contribution < -0.4 is 5.73 Å². The zero-order chi connectivity index (χ0) is 17.6. The summed E-state index contributed by atoms with van der Waals surface area (Å²) in [5.74, 6) is 2.48. The van der Waals surface area contributed by atoms with Crippen LogP contribution in [0.25, 0.3) is 0 Å². The molecule has 25 heavy (non-hydrogen) atoms. The first-order valence-corrected chi connectivity index (χ1v) is 10.9. The maximum Gasteiger partial charge on any atom is 0.0940 e. The average Bonchev–Trinajstić information content (AvgIpc) is 2.93. The van der Waals surface area contributed by atoms with Crippen LogP contribution >= 0.6 is 11.6 Å². The lowest BCUT2D eigenvalue weighted by Crippen LogP contribution is -2.40. The molecule has 0 saturated heterocycles. The molecule has 5 heteroatoms. The van der Waals surface area contributed by atoms with Gasteiger partial charge >= 0.3 is 0 Å². The summed E-state index contributed by atoms with van der Waals surface area (Å²) < 4.78 is 0. The molecule has 0 amide bonds. The Kier molecular flexibility index (Phi) is 7.44. The molecule has 0 unspecified atom stereocenters. The molecule has 2 aliphatic carbocycles. The Labute approximate surface area is 159 Å². The summed E-state index contributed by atoms with van der Waals surface area (Å²) in [5, 5.41) is 6.77. The number of nitrogens with zero attached hydrogens (tertiary/aromatic N) is 3. The lowest BCUT2D eigenvalue weighted by molar-refractivity contribution is 0.164. The molecule has 3 aliphatic rings. The van der Waals surface area contributed by atoms with Crippen molar-refractivity contribution < 1.29 is 0 Å². The van der Waals surface area contributed by atoms with Gasteiger partial charge in [-0.3, -0.25) is 9.91 Å². The van der Waals surface area contributed by atoms with E-state index in [4.69, 9.17) is 17.3 Å². The van der Waals surface area contributed by atoms with Crippen LogP contribution in [0.15, 0.2) is 5.10 Å². The molecule has 0 aromatic carbocycles. The highest BCUT2D eigenvalue weighted by Gasteiger charge is 2.28. The minimum absolute atomic E-state index is 0.0897. The normalized spacial score (nSPS) is 31.6. The van der Waals surface area contributed by atoms with Crippen molar-refractivity contribution in [2.75, 3.05) is 39.8 Å². The Hall–Kier alpha value is -0.320. The molecular formula is C20H37ClN4. The van der Waals surface area contributed by atoms with Gasteiger partial charge in [-0.15, -0.1) is 11.6 Å². The smallest absolute Gasteiger partial charge is 0.0940 e. The summed E-state index contributed by atoms with van der Waals surface area (Å²) >= 11 is 6.53. The molecule has 1 heterocycles. The van der Waals surface area contributed by atoms with Crippen LogP contribution in [-0.4, -0.2) is 60.8 Å². The fourth-order valence-electron chi connectivity index (χ4n) is 4.97. The number of hydrogen-bond donors (Lipinski definition) is 1. The molecule has 0 bridgehead atoms. The van der Waals surface area contributed by atoms with E-state index >= 15 is 0 Å². The summed E-state index contributed by atoms with van der Waals surface area (Å²) in [7, 11) is 2.03. The van der Waals surface area contributed by atoms with E-state index in [0.717, 1.165) is 37.4 Å². The zero-order valence-corrected chi connectivity index (χ0v) is 16.8. The zero-order valence-electron chi connectivity index (χ0n) is 16.0. The molecule has 2 fully saturated rings. The van der Waals surface area contributed by atoms with E-state index < -0.39 is 0 Å². The van der Waals surface area contributed by atoms with Crippen molar-refractivity contribution in [3.05, 3.63) is 0 Å². The summed E-state index contributed by atoms with van der Waals surface area (Å²) in [6.07, 6.45) is 12.4. The molecule has 1 aliphatic heterocycles. The number of rotatable bonds is 7. The van der Waals surface area contributed by atoms with Gasteiger partial charge in [-0.1, -0.05) is 19.3 Å². The third-order valence-corrected chi connectivity index (χ3v) is 6.92. The van der Waals surface area contributed by atoms with E-state index in [1.807, 2.05) is 12.1 Å². The van der Waals surface area contributed by atoms with E-state index in [1.54, 1.807) is 0 Å². The van der Waals surface area contributed by atoms with Crippen molar-refractivity contribution in [2.24, 2.45) is 28.6 Å². The number of alkyl halides is 1. The van der Waals surface area contributed by atoms with E-state index in [2.05, 4.69) is 10.0 Å². The monoisotopic (exact) mass is 368 g/mol. The second-order valence-corrected chi connectivity index (χ2v) is 9.25. The first-order chi connectivity index (χ1) is 12.1. The summed E-state index contributed by atoms with van der Waals surface area (Å²) in [6, 6.07) is 0. The summed E-state index contributed by atoms with van der Waals surface area (Å²) in [5.41, 5.74) is 7.04. The van der Waals surface area contributed by atoms with Crippen molar-refractivity contribution in [1.82, 2.24) is 9.91 Å². The second kappa shape index (κ2) is 9.57. The van der Waals surface area contributed by atoms with Gasteiger partial charge in [0, 0.05) is 26.7 Å². The third-order valence-electron chi connectivity index (χ3n) is 6.53. The molecule has 0 radical (unpaired) electrons. The maximum atomic E-state index is 6.53. The van der Waals surface area contributed by atoms with Gasteiger partial charge in [0.05, 0.1) is 17.6 Å². The molecule has 3 rings (SSSR count). The molecule has 0 aromatic rings. The number of hydrazone groups is 1. The highest BCUT2D eigenvalue weighted by Crippen LogP contribution is 2.30. The van der Waals surface area contributed by atoms with Gasteiger partial charge in [0.25, 0.3) is 0 Å². The predicted molar refractivity (Wildman–Crippen MR) is 107 cm³/mol. The number of halogens is 1.